The van der Waals surface area contributed by atoms with Crippen molar-refractivity contribution in [3.63, 3.8) is 0 Å². The minimum atomic E-state index is -0.0695. The molecule has 116 valence electrons. The quantitative estimate of drug-likeness (QED) is 0.836. The van der Waals surface area contributed by atoms with Crippen LogP contribution in [0.15, 0.2) is 18.2 Å². The van der Waals surface area contributed by atoms with Gasteiger partial charge in [0.05, 0.1) is 5.02 Å². The van der Waals surface area contributed by atoms with Gasteiger partial charge >= 0.3 is 0 Å². The van der Waals surface area contributed by atoms with E-state index in [-0.39, 0.29) is 12.5 Å². The summed E-state index contributed by atoms with van der Waals surface area (Å²) in [6.07, 6.45) is 0.962. The highest BCUT2D eigenvalue weighted by atomic mass is 35.5. The van der Waals surface area contributed by atoms with Crippen LogP contribution in [-0.2, 0) is 4.79 Å². The van der Waals surface area contributed by atoms with Gasteiger partial charge in [0.15, 0.2) is 6.61 Å². The van der Waals surface area contributed by atoms with Gasteiger partial charge in [-0.1, -0.05) is 23.2 Å². The van der Waals surface area contributed by atoms with Gasteiger partial charge in [-0.05, 0) is 30.5 Å². The van der Waals surface area contributed by atoms with Crippen molar-refractivity contribution < 1.29 is 9.53 Å². The Bertz CT molecular complexity index is 493. The molecule has 0 aliphatic carbocycles. The first-order valence-corrected chi connectivity index (χ1v) is 7.59. The number of nitrogens with one attached hydrogen (secondary N) is 2. The van der Waals surface area contributed by atoms with Crippen LogP contribution in [0.25, 0.3) is 0 Å². The summed E-state index contributed by atoms with van der Waals surface area (Å²) < 4.78 is 5.44. The second-order valence-corrected chi connectivity index (χ2v) is 5.94. The van der Waals surface area contributed by atoms with Crippen LogP contribution >= 0.6 is 23.2 Å². The molecule has 2 N–H and O–H groups in total. The molecule has 0 unspecified atom stereocenters. The molecule has 0 bridgehead atoms. The lowest BCUT2D eigenvalue weighted by atomic mass is 10.1. The zero-order valence-corrected chi connectivity index (χ0v) is 13.4. The SMILES string of the molecule is CN(CCC1CNNC1)C(=O)COc1ccc(Cl)cc1Cl. The molecular formula is C14H19Cl2N3O2. The first-order valence-electron chi connectivity index (χ1n) is 6.84. The van der Waals surface area contributed by atoms with E-state index in [1.807, 2.05) is 0 Å². The van der Waals surface area contributed by atoms with Gasteiger partial charge in [-0.3, -0.25) is 15.6 Å². The van der Waals surface area contributed by atoms with Gasteiger partial charge in [-0.2, -0.15) is 0 Å². The molecular weight excluding hydrogens is 313 g/mol. The number of likely N-dealkylation sites (N-methyl/N-ethyl adjacent to an activating group) is 1. The molecule has 5 nitrogen and oxygen atoms in total. The highest BCUT2D eigenvalue weighted by Crippen LogP contribution is 2.27. The fourth-order valence-corrected chi connectivity index (χ4v) is 2.52. The van der Waals surface area contributed by atoms with Crippen LogP contribution in [0.1, 0.15) is 6.42 Å². The van der Waals surface area contributed by atoms with Crippen molar-refractivity contribution in [1.29, 1.82) is 0 Å². The van der Waals surface area contributed by atoms with Crippen LogP contribution in [0.2, 0.25) is 10.0 Å². The third-order valence-electron chi connectivity index (χ3n) is 3.45. The molecule has 1 aromatic rings. The molecule has 0 saturated carbocycles. The zero-order valence-electron chi connectivity index (χ0n) is 11.9. The predicted octanol–water partition coefficient (Wildman–Crippen LogP) is 1.94. The average molecular weight is 332 g/mol. The van der Waals surface area contributed by atoms with Gasteiger partial charge in [0.1, 0.15) is 5.75 Å². The standard InChI is InChI=1S/C14H19Cl2N3O2/c1-19(5-4-10-7-17-18-8-10)14(20)9-21-13-3-2-11(15)6-12(13)16/h2-3,6,10,17-18H,4-5,7-9H2,1H3. The number of carbonyl (C=O) groups excluding carboxylic acids is 1. The average Bonchev–Trinajstić information content (AvgIpc) is 2.96. The Morgan fingerprint density at radius 1 is 1.38 bits per heavy atom. The Hall–Kier alpha value is -1.01. The number of hydrazine groups is 1. The first kappa shape index (κ1) is 16.4. The number of nitrogens with zero attached hydrogens (tertiary/aromatic N) is 1. The number of halogens is 2. The molecule has 1 aliphatic rings. The van der Waals surface area contributed by atoms with E-state index >= 15 is 0 Å². The molecule has 1 aromatic carbocycles. The van der Waals surface area contributed by atoms with Gasteiger partial charge in [0.2, 0.25) is 0 Å². The fourth-order valence-electron chi connectivity index (χ4n) is 2.05. The van der Waals surface area contributed by atoms with E-state index in [0.29, 0.717) is 28.3 Å². The monoisotopic (exact) mass is 331 g/mol. The molecule has 21 heavy (non-hydrogen) atoms. The summed E-state index contributed by atoms with van der Waals surface area (Å²) in [4.78, 5) is 13.7. The van der Waals surface area contributed by atoms with E-state index in [9.17, 15) is 4.79 Å². The predicted molar refractivity (Wildman–Crippen MR) is 83.7 cm³/mol. The van der Waals surface area contributed by atoms with Crippen molar-refractivity contribution in [2.45, 2.75) is 6.42 Å². The number of amides is 1. The summed E-state index contributed by atoms with van der Waals surface area (Å²) in [7, 11) is 1.78. The maximum absolute atomic E-state index is 12.0. The second-order valence-electron chi connectivity index (χ2n) is 5.10. The molecule has 0 radical (unpaired) electrons. The second kappa shape index (κ2) is 7.84. The third-order valence-corrected chi connectivity index (χ3v) is 3.98. The maximum Gasteiger partial charge on any atom is 0.260 e. The van der Waals surface area contributed by atoms with E-state index in [0.717, 1.165) is 19.5 Å². The van der Waals surface area contributed by atoms with Crippen molar-refractivity contribution in [3.05, 3.63) is 28.2 Å². The lowest BCUT2D eigenvalue weighted by molar-refractivity contribution is -0.132. The summed E-state index contributed by atoms with van der Waals surface area (Å²) in [5.41, 5.74) is 6.16. The normalized spacial score (nSPS) is 15.2. The van der Waals surface area contributed by atoms with Gasteiger partial charge < -0.3 is 9.64 Å². The van der Waals surface area contributed by atoms with Gasteiger partial charge in [0.25, 0.3) is 5.91 Å². The van der Waals surface area contributed by atoms with E-state index in [2.05, 4.69) is 10.9 Å². The van der Waals surface area contributed by atoms with Crippen molar-refractivity contribution >= 4 is 29.1 Å². The Kier molecular flexibility index (Phi) is 6.11. The number of rotatable bonds is 6. The molecule has 7 heteroatoms. The molecule has 1 heterocycles. The Morgan fingerprint density at radius 2 is 2.10 bits per heavy atom. The molecule has 1 aliphatic heterocycles. The third kappa shape index (κ3) is 5.04. The zero-order chi connectivity index (χ0) is 15.2. The Balaban J connectivity index is 1.75. The Labute approximate surface area is 134 Å². The maximum atomic E-state index is 12.0. The molecule has 1 amide bonds. The van der Waals surface area contributed by atoms with Crippen molar-refractivity contribution in [2.75, 3.05) is 33.3 Å². The first-order chi connectivity index (χ1) is 10.1. The summed E-state index contributed by atoms with van der Waals surface area (Å²) >= 11 is 11.8. The number of hydrogen-bond acceptors (Lipinski definition) is 4. The van der Waals surface area contributed by atoms with Crippen LogP contribution in [0, 0.1) is 5.92 Å². The minimum Gasteiger partial charge on any atom is -0.482 e. The highest BCUT2D eigenvalue weighted by molar-refractivity contribution is 6.35. The molecule has 1 fully saturated rings. The minimum absolute atomic E-state index is 0.0288. The lowest BCUT2D eigenvalue weighted by Crippen LogP contribution is -2.33. The van der Waals surface area contributed by atoms with E-state index < -0.39 is 0 Å². The molecule has 0 aromatic heterocycles. The largest absolute Gasteiger partial charge is 0.482 e. The van der Waals surface area contributed by atoms with Crippen LogP contribution in [0.4, 0.5) is 0 Å². The summed E-state index contributed by atoms with van der Waals surface area (Å²) in [6, 6.07) is 4.93. The van der Waals surface area contributed by atoms with Crippen molar-refractivity contribution in [2.24, 2.45) is 5.92 Å². The summed E-state index contributed by atoms with van der Waals surface area (Å²) in [5.74, 6) is 0.957. The van der Waals surface area contributed by atoms with Gasteiger partial charge in [0, 0.05) is 31.7 Å². The van der Waals surface area contributed by atoms with Crippen molar-refractivity contribution in [3.8, 4) is 5.75 Å². The number of benzene rings is 1. The van der Waals surface area contributed by atoms with Crippen LogP contribution in [0.3, 0.4) is 0 Å². The topological polar surface area (TPSA) is 53.6 Å². The van der Waals surface area contributed by atoms with Crippen LogP contribution in [-0.4, -0.2) is 44.1 Å². The molecule has 0 spiro atoms. The fraction of sp³-hybridized carbons (Fsp3) is 0.500. The van der Waals surface area contributed by atoms with E-state index in [1.54, 1.807) is 30.1 Å². The van der Waals surface area contributed by atoms with Crippen molar-refractivity contribution in [1.82, 2.24) is 15.8 Å². The number of carbonyl (C=O) groups is 1. The Morgan fingerprint density at radius 3 is 2.76 bits per heavy atom. The van der Waals surface area contributed by atoms with Gasteiger partial charge in [-0.25, -0.2) is 0 Å². The number of ether oxygens (including phenoxy) is 1. The molecule has 1 saturated heterocycles. The number of hydrogen-bond donors (Lipinski definition) is 2. The van der Waals surface area contributed by atoms with Crippen LogP contribution in [0.5, 0.6) is 5.75 Å². The van der Waals surface area contributed by atoms with E-state index in [1.165, 1.54) is 0 Å². The summed E-state index contributed by atoms with van der Waals surface area (Å²) in [6.45, 7) is 2.57. The lowest BCUT2D eigenvalue weighted by Gasteiger charge is -2.19. The molecule has 0 atom stereocenters. The molecule has 2 rings (SSSR count). The van der Waals surface area contributed by atoms with Gasteiger partial charge in [-0.15, -0.1) is 0 Å². The van der Waals surface area contributed by atoms with E-state index in [4.69, 9.17) is 27.9 Å². The van der Waals surface area contributed by atoms with Crippen LogP contribution < -0.4 is 15.6 Å². The summed E-state index contributed by atoms with van der Waals surface area (Å²) in [5, 5.41) is 0.940. The smallest absolute Gasteiger partial charge is 0.260 e. The highest BCUT2D eigenvalue weighted by Gasteiger charge is 2.17.